The summed E-state index contributed by atoms with van der Waals surface area (Å²) in [6.07, 6.45) is 2.57. The zero-order valence-corrected chi connectivity index (χ0v) is 20.2. The van der Waals surface area contributed by atoms with E-state index in [1.54, 1.807) is 12.3 Å². The van der Waals surface area contributed by atoms with E-state index in [9.17, 15) is 9.59 Å². The number of carbonyl (C=O) groups is 1. The molecule has 0 saturated carbocycles. The molecule has 0 aliphatic heterocycles. The molecule has 0 aliphatic rings. The van der Waals surface area contributed by atoms with Gasteiger partial charge in [0.2, 0.25) is 5.43 Å². The van der Waals surface area contributed by atoms with Crippen molar-refractivity contribution in [2.24, 2.45) is 5.73 Å². The Kier molecular flexibility index (Phi) is 7.63. The van der Waals surface area contributed by atoms with E-state index >= 15 is 0 Å². The lowest BCUT2D eigenvalue weighted by atomic mass is 10.1. The zero-order chi connectivity index (χ0) is 24.8. The Balaban J connectivity index is 1.51. The van der Waals surface area contributed by atoms with E-state index in [0.29, 0.717) is 24.3 Å². The number of fused-ring (bicyclic) bond motifs is 1. The average Bonchev–Trinajstić information content (AvgIpc) is 2.86. The van der Waals surface area contributed by atoms with Crippen molar-refractivity contribution in [3.05, 3.63) is 111 Å². The van der Waals surface area contributed by atoms with E-state index in [2.05, 4.69) is 60.5 Å². The molecule has 1 amide bonds. The normalized spacial score (nSPS) is 11.2. The topological polar surface area (TPSA) is 77.6 Å². The lowest BCUT2D eigenvalue weighted by Crippen LogP contribution is -2.24. The van der Waals surface area contributed by atoms with Crippen LogP contribution in [0.5, 0.6) is 5.75 Å². The second kappa shape index (κ2) is 11.0. The third kappa shape index (κ3) is 5.97. The fourth-order valence-electron chi connectivity index (χ4n) is 4.24. The van der Waals surface area contributed by atoms with Gasteiger partial charge in [-0.1, -0.05) is 54.6 Å². The molecule has 0 spiro atoms. The number of pyridine rings is 1. The first-order valence-corrected chi connectivity index (χ1v) is 11.8. The van der Waals surface area contributed by atoms with Gasteiger partial charge in [-0.05, 0) is 55.3 Å². The van der Waals surface area contributed by atoms with E-state index in [1.165, 1.54) is 11.1 Å². The monoisotopic (exact) mass is 469 g/mol. The van der Waals surface area contributed by atoms with Gasteiger partial charge >= 0.3 is 0 Å². The third-order valence-electron chi connectivity index (χ3n) is 6.08. The molecule has 4 aromatic rings. The molecule has 0 saturated heterocycles. The first-order chi connectivity index (χ1) is 16.9. The van der Waals surface area contributed by atoms with Crippen LogP contribution in [0.2, 0.25) is 0 Å². The van der Waals surface area contributed by atoms with E-state index in [0.717, 1.165) is 30.6 Å². The molecule has 6 nitrogen and oxygen atoms in total. The number of nitrogens with zero attached hydrogens (tertiary/aromatic N) is 2. The van der Waals surface area contributed by atoms with Gasteiger partial charge in [0.15, 0.2) is 0 Å². The molecule has 1 heterocycles. The number of rotatable bonds is 10. The largest absolute Gasteiger partial charge is 0.494 e. The smallest absolute Gasteiger partial charge is 0.254 e. The number of carbonyl (C=O) groups excluding carboxylic acids is 1. The number of nitrogens with two attached hydrogens (primary N) is 1. The van der Waals surface area contributed by atoms with Gasteiger partial charge in [-0.2, -0.15) is 0 Å². The molecule has 180 valence electrons. The Morgan fingerprint density at radius 1 is 0.971 bits per heavy atom. The highest BCUT2D eigenvalue weighted by Gasteiger charge is 2.14. The highest BCUT2D eigenvalue weighted by Crippen LogP contribution is 2.21. The van der Waals surface area contributed by atoms with Gasteiger partial charge in [0.1, 0.15) is 11.3 Å². The summed E-state index contributed by atoms with van der Waals surface area (Å²) in [6.45, 7) is 4.72. The van der Waals surface area contributed by atoms with Gasteiger partial charge in [0, 0.05) is 25.8 Å². The summed E-state index contributed by atoms with van der Waals surface area (Å²) in [7, 11) is 2.13. The number of benzene rings is 3. The molecule has 0 atom stereocenters. The van der Waals surface area contributed by atoms with Gasteiger partial charge < -0.3 is 19.9 Å². The Hall–Kier alpha value is -3.90. The van der Waals surface area contributed by atoms with Crippen molar-refractivity contribution in [2.45, 2.75) is 26.4 Å². The molecule has 0 aliphatic carbocycles. The standard InChI is InChI=1S/C29H31N3O3/c1-3-35-24-13-14-27-25(17-24)28(33)26(29(30)34)20-32(27)19-23-11-9-22(10-12-23)18-31(2)16-15-21-7-5-4-6-8-21/h4-14,17,20H,3,15-16,18-19H2,1-2H3,(H2,30,34). The molecular formula is C29H31N3O3. The molecule has 0 radical (unpaired) electrons. The van der Waals surface area contributed by atoms with Crippen LogP contribution in [0, 0.1) is 0 Å². The molecule has 1 aromatic heterocycles. The first kappa shape index (κ1) is 24.2. The maximum absolute atomic E-state index is 12.8. The number of primary amides is 1. The number of amides is 1. The fraction of sp³-hybridized carbons (Fsp3) is 0.241. The molecule has 2 N–H and O–H groups in total. The van der Waals surface area contributed by atoms with Crippen molar-refractivity contribution in [3.63, 3.8) is 0 Å². The van der Waals surface area contributed by atoms with Gasteiger partial charge in [0.05, 0.1) is 17.5 Å². The van der Waals surface area contributed by atoms with Crippen LogP contribution in [-0.2, 0) is 19.5 Å². The van der Waals surface area contributed by atoms with E-state index < -0.39 is 5.91 Å². The van der Waals surface area contributed by atoms with Crippen molar-refractivity contribution in [2.75, 3.05) is 20.2 Å². The minimum absolute atomic E-state index is 0.0252. The third-order valence-corrected chi connectivity index (χ3v) is 6.08. The van der Waals surface area contributed by atoms with Crippen LogP contribution in [0.4, 0.5) is 0 Å². The van der Waals surface area contributed by atoms with Crippen LogP contribution in [0.25, 0.3) is 10.9 Å². The minimum atomic E-state index is -0.735. The molecule has 4 rings (SSSR count). The molecule has 6 heteroatoms. The summed E-state index contributed by atoms with van der Waals surface area (Å²) in [4.78, 5) is 27.1. The van der Waals surface area contributed by atoms with Crippen molar-refractivity contribution >= 4 is 16.8 Å². The summed E-state index contributed by atoms with van der Waals surface area (Å²) < 4.78 is 7.44. The van der Waals surface area contributed by atoms with Gasteiger partial charge in [-0.25, -0.2) is 0 Å². The minimum Gasteiger partial charge on any atom is -0.494 e. The van der Waals surface area contributed by atoms with Crippen molar-refractivity contribution in [1.82, 2.24) is 9.47 Å². The second-order valence-electron chi connectivity index (χ2n) is 8.77. The SMILES string of the molecule is CCOc1ccc2c(c1)c(=O)c(C(N)=O)cn2Cc1ccc(CN(C)CCc2ccccc2)cc1. The van der Waals surface area contributed by atoms with Crippen molar-refractivity contribution in [3.8, 4) is 5.75 Å². The van der Waals surface area contributed by atoms with Crippen LogP contribution < -0.4 is 15.9 Å². The fourth-order valence-corrected chi connectivity index (χ4v) is 4.24. The van der Waals surface area contributed by atoms with Crippen LogP contribution in [0.1, 0.15) is 34.0 Å². The second-order valence-corrected chi connectivity index (χ2v) is 8.77. The summed E-state index contributed by atoms with van der Waals surface area (Å²) in [5.74, 6) is -0.146. The average molecular weight is 470 g/mol. The molecule has 3 aromatic carbocycles. The molecule has 0 bridgehead atoms. The Morgan fingerprint density at radius 2 is 1.69 bits per heavy atom. The summed E-state index contributed by atoms with van der Waals surface area (Å²) >= 11 is 0. The number of hydrogen-bond acceptors (Lipinski definition) is 4. The lowest BCUT2D eigenvalue weighted by molar-refractivity contribution is 0.0998. The van der Waals surface area contributed by atoms with Gasteiger partial charge in [0.25, 0.3) is 5.91 Å². The molecule has 0 unspecified atom stereocenters. The Bertz CT molecular complexity index is 1360. The number of likely N-dealkylation sites (N-methyl/N-ethyl adjacent to an activating group) is 1. The van der Waals surface area contributed by atoms with Crippen LogP contribution in [0.15, 0.2) is 83.8 Å². The van der Waals surface area contributed by atoms with E-state index in [-0.39, 0.29) is 11.0 Å². The molecule has 0 fully saturated rings. The highest BCUT2D eigenvalue weighted by atomic mass is 16.5. The van der Waals surface area contributed by atoms with E-state index in [4.69, 9.17) is 10.5 Å². The Labute approximate surface area is 205 Å². The van der Waals surface area contributed by atoms with Crippen LogP contribution >= 0.6 is 0 Å². The maximum atomic E-state index is 12.8. The summed E-state index contributed by atoms with van der Waals surface area (Å²) in [6, 6.07) is 24.3. The van der Waals surface area contributed by atoms with Gasteiger partial charge in [-0.3, -0.25) is 9.59 Å². The van der Waals surface area contributed by atoms with Crippen LogP contribution in [0.3, 0.4) is 0 Å². The maximum Gasteiger partial charge on any atom is 0.254 e. The number of hydrogen-bond donors (Lipinski definition) is 1. The summed E-state index contributed by atoms with van der Waals surface area (Å²) in [5, 5.41) is 0.420. The zero-order valence-electron chi connectivity index (χ0n) is 20.2. The highest BCUT2D eigenvalue weighted by molar-refractivity contribution is 5.96. The first-order valence-electron chi connectivity index (χ1n) is 11.8. The van der Waals surface area contributed by atoms with Crippen molar-refractivity contribution in [1.29, 1.82) is 0 Å². The van der Waals surface area contributed by atoms with Crippen molar-refractivity contribution < 1.29 is 9.53 Å². The molecule has 35 heavy (non-hydrogen) atoms. The van der Waals surface area contributed by atoms with E-state index in [1.807, 2.05) is 29.7 Å². The predicted octanol–water partition coefficient (Wildman–Crippen LogP) is 4.22. The number of aromatic nitrogens is 1. The number of ether oxygens (including phenoxy) is 1. The summed E-state index contributed by atoms with van der Waals surface area (Å²) in [5.41, 5.74) is 9.47. The quantitative estimate of drug-likeness (QED) is 0.377. The predicted molar refractivity (Wildman–Crippen MR) is 140 cm³/mol. The van der Waals surface area contributed by atoms with Gasteiger partial charge in [-0.15, -0.1) is 0 Å². The lowest BCUT2D eigenvalue weighted by Gasteiger charge is -2.17. The Morgan fingerprint density at radius 3 is 2.37 bits per heavy atom. The van der Waals surface area contributed by atoms with Crippen LogP contribution in [-0.4, -0.2) is 35.6 Å². The molecular weight excluding hydrogens is 438 g/mol.